The molecule has 1 rings (SSSR count). The summed E-state index contributed by atoms with van der Waals surface area (Å²) in [6.45, 7) is 4.08. The number of ether oxygens (including phenoxy) is 1. The van der Waals surface area contributed by atoms with Gasteiger partial charge in [0.15, 0.2) is 0 Å². The molecule has 2 N–H and O–H groups in total. The van der Waals surface area contributed by atoms with E-state index in [9.17, 15) is 4.79 Å². The van der Waals surface area contributed by atoms with Gasteiger partial charge in [-0.3, -0.25) is 4.79 Å². The Morgan fingerprint density at radius 2 is 2.11 bits per heavy atom. The number of amides is 1. The Bertz CT molecular complexity index is 247. The summed E-state index contributed by atoms with van der Waals surface area (Å²) in [7, 11) is 5.51. The molecular weight excluding hydrogens is 230 g/mol. The van der Waals surface area contributed by atoms with Crippen molar-refractivity contribution in [3.8, 4) is 0 Å². The number of carbonyl (C=O) groups is 1. The lowest BCUT2D eigenvalue weighted by atomic mass is 9.78. The monoisotopic (exact) mass is 257 g/mol. The zero-order valence-electron chi connectivity index (χ0n) is 11.9. The Labute approximate surface area is 110 Å². The minimum absolute atomic E-state index is 0.238. The summed E-state index contributed by atoms with van der Waals surface area (Å²) in [5, 5.41) is 6.41. The molecule has 106 valence electrons. The minimum atomic E-state index is -0.311. The van der Waals surface area contributed by atoms with Gasteiger partial charge in [-0.1, -0.05) is 0 Å². The van der Waals surface area contributed by atoms with Gasteiger partial charge in [0.25, 0.3) is 0 Å². The van der Waals surface area contributed by atoms with E-state index in [4.69, 9.17) is 4.74 Å². The Kier molecular flexibility index (Phi) is 6.60. The van der Waals surface area contributed by atoms with Crippen LogP contribution in [0.1, 0.15) is 19.3 Å². The highest BCUT2D eigenvalue weighted by Crippen LogP contribution is 2.31. The summed E-state index contributed by atoms with van der Waals surface area (Å²) in [6.07, 6.45) is 2.73. The maximum absolute atomic E-state index is 12.6. The molecule has 1 saturated heterocycles. The van der Waals surface area contributed by atoms with Crippen LogP contribution in [0.5, 0.6) is 0 Å². The molecule has 18 heavy (non-hydrogen) atoms. The largest absolute Gasteiger partial charge is 0.384 e. The molecule has 0 aromatic rings. The van der Waals surface area contributed by atoms with Gasteiger partial charge in [-0.05, 0) is 45.9 Å². The van der Waals surface area contributed by atoms with Gasteiger partial charge in [0.05, 0.1) is 12.0 Å². The standard InChI is InChI=1S/C13H27N3O2/c1-14-7-4-10-16(2)12(17)13(11-18-3)5-8-15-9-6-13/h14-15H,4-11H2,1-3H3. The molecule has 1 fully saturated rings. The van der Waals surface area contributed by atoms with Crippen LogP contribution >= 0.6 is 0 Å². The minimum Gasteiger partial charge on any atom is -0.384 e. The van der Waals surface area contributed by atoms with Crippen molar-refractivity contribution in [2.24, 2.45) is 5.41 Å². The highest BCUT2D eigenvalue weighted by Gasteiger charge is 2.41. The number of carbonyl (C=O) groups excluding carboxylic acids is 1. The Morgan fingerprint density at radius 3 is 2.67 bits per heavy atom. The first-order chi connectivity index (χ1) is 8.66. The highest BCUT2D eigenvalue weighted by molar-refractivity contribution is 5.82. The first-order valence-corrected chi connectivity index (χ1v) is 6.76. The zero-order valence-corrected chi connectivity index (χ0v) is 11.9. The average molecular weight is 257 g/mol. The van der Waals surface area contributed by atoms with Crippen LogP contribution in [0.4, 0.5) is 0 Å². The van der Waals surface area contributed by atoms with E-state index in [1.807, 2.05) is 19.0 Å². The van der Waals surface area contributed by atoms with Crippen LogP contribution in [0.2, 0.25) is 0 Å². The van der Waals surface area contributed by atoms with Crippen molar-refractivity contribution in [1.29, 1.82) is 0 Å². The van der Waals surface area contributed by atoms with Gasteiger partial charge < -0.3 is 20.3 Å². The summed E-state index contributed by atoms with van der Waals surface area (Å²) >= 11 is 0. The topological polar surface area (TPSA) is 53.6 Å². The average Bonchev–Trinajstić information content (AvgIpc) is 2.39. The quantitative estimate of drug-likeness (QED) is 0.634. The highest BCUT2D eigenvalue weighted by atomic mass is 16.5. The molecule has 0 aromatic carbocycles. The maximum Gasteiger partial charge on any atom is 0.230 e. The molecule has 1 aliphatic rings. The van der Waals surface area contributed by atoms with Crippen molar-refractivity contribution in [2.45, 2.75) is 19.3 Å². The molecule has 0 aromatic heterocycles. The fourth-order valence-corrected chi connectivity index (χ4v) is 2.60. The van der Waals surface area contributed by atoms with Crippen LogP contribution < -0.4 is 10.6 Å². The lowest BCUT2D eigenvalue weighted by molar-refractivity contribution is -0.146. The van der Waals surface area contributed by atoms with Crippen LogP contribution in [0.15, 0.2) is 0 Å². The number of methoxy groups -OCH3 is 1. The van der Waals surface area contributed by atoms with E-state index in [1.54, 1.807) is 7.11 Å². The molecule has 0 spiro atoms. The van der Waals surface area contributed by atoms with Crippen molar-refractivity contribution in [3.63, 3.8) is 0 Å². The molecule has 1 heterocycles. The predicted molar refractivity (Wildman–Crippen MR) is 72.6 cm³/mol. The summed E-state index contributed by atoms with van der Waals surface area (Å²) in [5.41, 5.74) is -0.311. The fraction of sp³-hybridized carbons (Fsp3) is 0.923. The molecular formula is C13H27N3O2. The molecule has 1 amide bonds. The predicted octanol–water partition coefficient (Wildman–Crippen LogP) is 0.0705. The van der Waals surface area contributed by atoms with Crippen molar-refractivity contribution in [1.82, 2.24) is 15.5 Å². The number of piperidine rings is 1. The summed E-state index contributed by atoms with van der Waals surface area (Å²) in [5.74, 6) is 0.238. The second-order valence-electron chi connectivity index (χ2n) is 5.15. The van der Waals surface area contributed by atoms with Gasteiger partial charge in [0.2, 0.25) is 5.91 Å². The SMILES string of the molecule is CNCCCN(C)C(=O)C1(COC)CCNCC1. The second-order valence-corrected chi connectivity index (χ2v) is 5.15. The number of nitrogens with zero attached hydrogens (tertiary/aromatic N) is 1. The van der Waals surface area contributed by atoms with Crippen LogP contribution in [-0.2, 0) is 9.53 Å². The molecule has 0 atom stereocenters. The second kappa shape index (κ2) is 7.71. The molecule has 5 heteroatoms. The summed E-state index contributed by atoms with van der Waals surface area (Å²) in [6, 6.07) is 0. The van der Waals surface area contributed by atoms with Crippen molar-refractivity contribution < 1.29 is 9.53 Å². The van der Waals surface area contributed by atoms with Crippen LogP contribution in [0.25, 0.3) is 0 Å². The van der Waals surface area contributed by atoms with Crippen LogP contribution in [0, 0.1) is 5.41 Å². The van der Waals surface area contributed by atoms with Crippen molar-refractivity contribution in [2.75, 3.05) is 54.0 Å². The van der Waals surface area contributed by atoms with Gasteiger partial charge in [0, 0.05) is 20.7 Å². The van der Waals surface area contributed by atoms with Crippen molar-refractivity contribution in [3.05, 3.63) is 0 Å². The molecule has 0 unspecified atom stereocenters. The first kappa shape index (κ1) is 15.4. The normalized spacial score (nSPS) is 18.6. The van der Waals surface area contributed by atoms with E-state index < -0.39 is 0 Å². The van der Waals surface area contributed by atoms with E-state index in [0.29, 0.717) is 6.61 Å². The van der Waals surface area contributed by atoms with Gasteiger partial charge >= 0.3 is 0 Å². The molecule has 0 bridgehead atoms. The van der Waals surface area contributed by atoms with E-state index in [0.717, 1.165) is 45.4 Å². The Hall–Kier alpha value is -0.650. The third-order valence-corrected chi connectivity index (χ3v) is 3.70. The molecule has 0 saturated carbocycles. The smallest absolute Gasteiger partial charge is 0.230 e. The first-order valence-electron chi connectivity index (χ1n) is 6.76. The molecule has 5 nitrogen and oxygen atoms in total. The Morgan fingerprint density at radius 1 is 1.44 bits per heavy atom. The van der Waals surface area contributed by atoms with E-state index >= 15 is 0 Å². The maximum atomic E-state index is 12.6. The van der Waals surface area contributed by atoms with Crippen LogP contribution in [-0.4, -0.2) is 64.8 Å². The summed E-state index contributed by atoms with van der Waals surface area (Å²) in [4.78, 5) is 14.5. The molecule has 0 aliphatic carbocycles. The molecule has 1 aliphatic heterocycles. The molecule has 0 radical (unpaired) electrons. The van der Waals surface area contributed by atoms with Gasteiger partial charge in [-0.2, -0.15) is 0 Å². The third kappa shape index (κ3) is 3.93. The van der Waals surface area contributed by atoms with E-state index in [2.05, 4.69) is 10.6 Å². The van der Waals surface area contributed by atoms with Crippen LogP contribution in [0.3, 0.4) is 0 Å². The number of rotatable bonds is 7. The van der Waals surface area contributed by atoms with Gasteiger partial charge in [-0.15, -0.1) is 0 Å². The van der Waals surface area contributed by atoms with Gasteiger partial charge in [0.1, 0.15) is 0 Å². The lowest BCUT2D eigenvalue weighted by Gasteiger charge is -2.38. The van der Waals surface area contributed by atoms with Gasteiger partial charge in [-0.25, -0.2) is 0 Å². The third-order valence-electron chi connectivity index (χ3n) is 3.70. The lowest BCUT2D eigenvalue weighted by Crippen LogP contribution is -2.50. The zero-order chi connectivity index (χ0) is 13.4. The number of hydrogen-bond acceptors (Lipinski definition) is 4. The van der Waals surface area contributed by atoms with E-state index in [-0.39, 0.29) is 11.3 Å². The fourth-order valence-electron chi connectivity index (χ4n) is 2.60. The van der Waals surface area contributed by atoms with E-state index in [1.165, 1.54) is 0 Å². The summed E-state index contributed by atoms with van der Waals surface area (Å²) < 4.78 is 5.29. The number of nitrogens with one attached hydrogen (secondary N) is 2. The Balaban J connectivity index is 2.57. The van der Waals surface area contributed by atoms with Crippen molar-refractivity contribution >= 4 is 5.91 Å². The number of hydrogen-bond donors (Lipinski definition) is 2.